The van der Waals surface area contributed by atoms with Crippen LogP contribution in [0.3, 0.4) is 0 Å². The van der Waals surface area contributed by atoms with E-state index in [0.717, 1.165) is 27.5 Å². The Morgan fingerprint density at radius 1 is 1.12 bits per heavy atom. The monoisotopic (exact) mass is 437 g/mol. The summed E-state index contributed by atoms with van der Waals surface area (Å²) in [6, 6.07) is 7.93. The van der Waals surface area contributed by atoms with Crippen LogP contribution in [0.4, 0.5) is 26.2 Å². The molecule has 8 nitrogen and oxygen atoms in total. The number of nitrogens with two attached hydrogens (primary N) is 1. The number of benzene rings is 1. The van der Waals surface area contributed by atoms with E-state index in [0.29, 0.717) is 21.7 Å². The predicted octanol–water partition coefficient (Wildman–Crippen LogP) is 5.65. The van der Waals surface area contributed by atoms with Crippen LogP contribution < -0.4 is 11.1 Å². The number of anilines is 3. The lowest BCUT2D eigenvalue weighted by atomic mass is 10.0. The van der Waals surface area contributed by atoms with Crippen molar-refractivity contribution in [2.75, 3.05) is 11.1 Å². The maximum Gasteiger partial charge on any atom is 0.333 e. The topological polar surface area (TPSA) is 99.7 Å². The zero-order valence-corrected chi connectivity index (χ0v) is 17.7. The van der Waals surface area contributed by atoms with Gasteiger partial charge >= 0.3 is 6.55 Å². The number of furan rings is 1. The summed E-state index contributed by atoms with van der Waals surface area (Å²) in [6.07, 6.45) is 4.88. The third kappa shape index (κ3) is 3.24. The maximum atomic E-state index is 13.0. The van der Waals surface area contributed by atoms with Gasteiger partial charge in [-0.25, -0.2) is 4.68 Å². The molecule has 0 aliphatic heterocycles. The highest BCUT2D eigenvalue weighted by Gasteiger charge is 2.20. The van der Waals surface area contributed by atoms with E-state index in [9.17, 15) is 8.78 Å². The van der Waals surface area contributed by atoms with Gasteiger partial charge in [-0.05, 0) is 44.5 Å². The zero-order valence-electron chi connectivity index (χ0n) is 17.7. The standard InChI is InChI=1S/C22H21F2N7O/c1-11(2)30-9-15(13-4-5-17-14(8-13)6-7-32-17)18-19(25)27-22(28-20(18)30)26-16-10-31(21(23)24)29-12(16)3/h4-11,21H,1-3H3,(H3,25,26,27,28). The first-order chi connectivity index (χ1) is 15.3. The molecule has 0 aliphatic carbocycles. The van der Waals surface area contributed by atoms with Gasteiger partial charge in [0, 0.05) is 23.2 Å². The molecule has 1 aromatic carbocycles. The number of aromatic nitrogens is 5. The average Bonchev–Trinajstić information content (AvgIpc) is 3.44. The summed E-state index contributed by atoms with van der Waals surface area (Å²) in [5, 5.41) is 8.49. The Labute approximate surface area is 181 Å². The van der Waals surface area contributed by atoms with E-state index in [4.69, 9.17) is 10.2 Å². The van der Waals surface area contributed by atoms with Crippen LogP contribution in [0.2, 0.25) is 0 Å². The van der Waals surface area contributed by atoms with E-state index in [-0.39, 0.29) is 17.8 Å². The minimum atomic E-state index is -2.73. The molecule has 5 rings (SSSR count). The number of nitrogens with one attached hydrogen (secondary N) is 1. The number of hydrogen-bond donors (Lipinski definition) is 2. The van der Waals surface area contributed by atoms with Gasteiger partial charge in [0.05, 0.1) is 29.2 Å². The summed E-state index contributed by atoms with van der Waals surface area (Å²) in [5.41, 5.74) is 10.5. The Kier molecular flexibility index (Phi) is 4.58. The fourth-order valence-corrected chi connectivity index (χ4v) is 3.80. The Balaban J connectivity index is 1.64. The third-order valence-corrected chi connectivity index (χ3v) is 5.38. The molecule has 0 saturated heterocycles. The van der Waals surface area contributed by atoms with Crippen molar-refractivity contribution in [3.8, 4) is 11.1 Å². The number of alkyl halides is 2. The molecule has 0 bridgehead atoms. The summed E-state index contributed by atoms with van der Waals surface area (Å²) in [7, 11) is 0. The lowest BCUT2D eigenvalue weighted by Crippen LogP contribution is -2.05. The van der Waals surface area contributed by atoms with Crippen LogP contribution in [-0.4, -0.2) is 24.3 Å². The summed E-state index contributed by atoms with van der Waals surface area (Å²) < 4.78 is 34.0. The fourth-order valence-electron chi connectivity index (χ4n) is 3.80. The zero-order chi connectivity index (χ0) is 22.6. The van der Waals surface area contributed by atoms with Gasteiger partial charge in [0.25, 0.3) is 0 Å². The third-order valence-electron chi connectivity index (χ3n) is 5.38. The molecule has 0 atom stereocenters. The Morgan fingerprint density at radius 2 is 1.94 bits per heavy atom. The molecule has 10 heteroatoms. The number of fused-ring (bicyclic) bond motifs is 2. The Morgan fingerprint density at radius 3 is 2.66 bits per heavy atom. The van der Waals surface area contributed by atoms with Gasteiger partial charge in [-0.1, -0.05) is 6.07 Å². The lowest BCUT2D eigenvalue weighted by molar-refractivity contribution is 0.0563. The number of hydrogen-bond acceptors (Lipinski definition) is 6. The SMILES string of the molecule is Cc1nn(C(F)F)cc1Nc1nc(N)c2c(-c3ccc4occc4c3)cn(C(C)C)c2n1. The van der Waals surface area contributed by atoms with Gasteiger partial charge in [-0.3, -0.25) is 0 Å². The molecule has 0 saturated carbocycles. The van der Waals surface area contributed by atoms with Crippen molar-refractivity contribution in [2.45, 2.75) is 33.4 Å². The van der Waals surface area contributed by atoms with Crippen molar-refractivity contribution in [3.05, 3.63) is 48.6 Å². The lowest BCUT2D eigenvalue weighted by Gasteiger charge is -2.10. The normalized spacial score (nSPS) is 12.0. The minimum absolute atomic E-state index is 0.106. The second-order valence-electron chi connectivity index (χ2n) is 7.86. The van der Waals surface area contributed by atoms with E-state index >= 15 is 0 Å². The van der Waals surface area contributed by atoms with E-state index in [1.165, 1.54) is 6.20 Å². The van der Waals surface area contributed by atoms with Crippen molar-refractivity contribution in [1.82, 2.24) is 24.3 Å². The second-order valence-corrected chi connectivity index (χ2v) is 7.86. The van der Waals surface area contributed by atoms with Crippen molar-refractivity contribution in [1.29, 1.82) is 0 Å². The Hall–Kier alpha value is -3.95. The van der Waals surface area contributed by atoms with Crippen molar-refractivity contribution >= 4 is 39.5 Å². The minimum Gasteiger partial charge on any atom is -0.464 e. The van der Waals surface area contributed by atoms with Crippen LogP contribution in [0.1, 0.15) is 32.1 Å². The largest absolute Gasteiger partial charge is 0.464 e. The molecule has 0 spiro atoms. The summed E-state index contributed by atoms with van der Waals surface area (Å²) >= 11 is 0. The number of rotatable bonds is 5. The van der Waals surface area contributed by atoms with Crippen LogP contribution in [-0.2, 0) is 0 Å². The molecule has 0 fully saturated rings. The molecule has 0 unspecified atom stereocenters. The Bertz CT molecular complexity index is 1450. The molecule has 0 amide bonds. The highest BCUT2D eigenvalue weighted by molar-refractivity contribution is 6.02. The molecular formula is C22H21F2N7O. The van der Waals surface area contributed by atoms with E-state index in [1.807, 2.05) is 48.9 Å². The fraction of sp³-hybridized carbons (Fsp3) is 0.227. The van der Waals surface area contributed by atoms with E-state index < -0.39 is 6.55 Å². The van der Waals surface area contributed by atoms with Crippen LogP contribution in [0.25, 0.3) is 33.1 Å². The average molecular weight is 437 g/mol. The highest BCUT2D eigenvalue weighted by atomic mass is 19.3. The molecule has 4 heterocycles. The first-order valence-electron chi connectivity index (χ1n) is 10.1. The number of nitrogen functional groups attached to an aromatic ring is 1. The van der Waals surface area contributed by atoms with E-state index in [1.54, 1.807) is 13.2 Å². The van der Waals surface area contributed by atoms with Crippen LogP contribution in [0.5, 0.6) is 0 Å². The number of aryl methyl sites for hydroxylation is 1. The van der Waals surface area contributed by atoms with Crippen molar-refractivity contribution in [3.63, 3.8) is 0 Å². The second kappa shape index (κ2) is 7.33. The number of halogens is 2. The number of nitrogens with zero attached hydrogens (tertiary/aromatic N) is 5. The molecule has 0 aliphatic rings. The van der Waals surface area contributed by atoms with Gasteiger partial charge in [-0.2, -0.15) is 23.8 Å². The van der Waals surface area contributed by atoms with Gasteiger partial charge in [0.2, 0.25) is 5.95 Å². The first-order valence-corrected chi connectivity index (χ1v) is 10.1. The van der Waals surface area contributed by atoms with Gasteiger partial charge in [-0.15, -0.1) is 0 Å². The molecule has 32 heavy (non-hydrogen) atoms. The predicted molar refractivity (Wildman–Crippen MR) is 119 cm³/mol. The van der Waals surface area contributed by atoms with Crippen LogP contribution in [0.15, 0.2) is 47.3 Å². The quantitative estimate of drug-likeness (QED) is 0.368. The van der Waals surface area contributed by atoms with Crippen LogP contribution >= 0.6 is 0 Å². The van der Waals surface area contributed by atoms with Crippen LogP contribution in [0, 0.1) is 6.92 Å². The molecule has 3 N–H and O–H groups in total. The first kappa shape index (κ1) is 20.0. The smallest absolute Gasteiger partial charge is 0.333 e. The molecular weight excluding hydrogens is 416 g/mol. The molecule has 5 aromatic rings. The summed E-state index contributed by atoms with van der Waals surface area (Å²) in [5.74, 6) is 0.502. The van der Waals surface area contributed by atoms with Gasteiger partial charge in [0.1, 0.15) is 17.0 Å². The van der Waals surface area contributed by atoms with Gasteiger partial charge < -0.3 is 20.0 Å². The summed E-state index contributed by atoms with van der Waals surface area (Å²) in [4.78, 5) is 9.07. The maximum absolute atomic E-state index is 13.0. The van der Waals surface area contributed by atoms with E-state index in [2.05, 4.69) is 20.4 Å². The van der Waals surface area contributed by atoms with Crippen molar-refractivity contribution in [2.24, 2.45) is 0 Å². The summed E-state index contributed by atoms with van der Waals surface area (Å²) in [6.45, 7) is 2.99. The highest BCUT2D eigenvalue weighted by Crippen LogP contribution is 2.37. The van der Waals surface area contributed by atoms with Gasteiger partial charge in [0.15, 0.2) is 0 Å². The molecule has 0 radical (unpaired) electrons. The molecule has 164 valence electrons. The molecule has 4 aromatic heterocycles. The van der Waals surface area contributed by atoms with Crippen molar-refractivity contribution < 1.29 is 13.2 Å².